The molecule has 0 saturated heterocycles. The Morgan fingerprint density at radius 3 is 3.07 bits per heavy atom. The smallest absolute Gasteiger partial charge is 0.327 e. The van der Waals surface area contributed by atoms with Crippen LogP contribution in [0.25, 0.3) is 0 Å². The van der Waals surface area contributed by atoms with Crippen molar-refractivity contribution in [1.82, 2.24) is 5.32 Å². The van der Waals surface area contributed by atoms with Crippen molar-refractivity contribution in [3.8, 4) is 0 Å². The third-order valence-electron chi connectivity index (χ3n) is 2.55. The van der Waals surface area contributed by atoms with E-state index in [1.807, 2.05) is 18.2 Å². The molecule has 0 spiro atoms. The van der Waals surface area contributed by atoms with Gasteiger partial charge in [-0.1, -0.05) is 24.3 Å². The number of carbonyl (C=O) groups excluding carboxylic acids is 1. The maximum Gasteiger partial charge on any atom is 0.327 e. The van der Waals surface area contributed by atoms with Crippen molar-refractivity contribution in [1.29, 1.82) is 0 Å². The van der Waals surface area contributed by atoms with Crippen molar-refractivity contribution >= 4 is 5.97 Å². The van der Waals surface area contributed by atoms with Crippen LogP contribution in [0.2, 0.25) is 0 Å². The van der Waals surface area contributed by atoms with Crippen LogP contribution in [0.1, 0.15) is 17.2 Å². The zero-order chi connectivity index (χ0) is 9.97. The first-order valence-electron chi connectivity index (χ1n) is 4.72. The van der Waals surface area contributed by atoms with Crippen molar-refractivity contribution in [2.45, 2.75) is 12.5 Å². The number of hydrogen-bond acceptors (Lipinski definition) is 3. The van der Waals surface area contributed by atoms with Crippen LogP contribution in [0.4, 0.5) is 0 Å². The lowest BCUT2D eigenvalue weighted by atomic mass is 9.94. The topological polar surface area (TPSA) is 38.3 Å². The second-order valence-corrected chi connectivity index (χ2v) is 3.36. The molecular formula is C11H13NO2. The van der Waals surface area contributed by atoms with Crippen LogP contribution >= 0.6 is 0 Å². The van der Waals surface area contributed by atoms with Crippen LogP contribution in [-0.4, -0.2) is 19.6 Å². The molecule has 1 heterocycles. The molecule has 0 aromatic heterocycles. The fourth-order valence-electron chi connectivity index (χ4n) is 1.83. The number of esters is 1. The molecule has 0 saturated carbocycles. The molecule has 0 unspecified atom stereocenters. The van der Waals surface area contributed by atoms with E-state index in [4.69, 9.17) is 4.74 Å². The summed E-state index contributed by atoms with van der Waals surface area (Å²) in [7, 11) is 1.42. The fourth-order valence-corrected chi connectivity index (χ4v) is 1.83. The van der Waals surface area contributed by atoms with Gasteiger partial charge in [-0.2, -0.15) is 0 Å². The van der Waals surface area contributed by atoms with Crippen LogP contribution in [0.5, 0.6) is 0 Å². The molecule has 3 nitrogen and oxygen atoms in total. The number of methoxy groups -OCH3 is 1. The summed E-state index contributed by atoms with van der Waals surface area (Å²) in [4.78, 5) is 11.4. The highest BCUT2D eigenvalue weighted by atomic mass is 16.5. The number of rotatable bonds is 1. The van der Waals surface area contributed by atoms with Crippen molar-refractivity contribution in [3.05, 3.63) is 35.4 Å². The third-order valence-corrected chi connectivity index (χ3v) is 2.55. The van der Waals surface area contributed by atoms with Crippen molar-refractivity contribution in [2.24, 2.45) is 0 Å². The Bertz CT molecular complexity index is 349. The summed E-state index contributed by atoms with van der Waals surface area (Å²) in [5.41, 5.74) is 2.28. The minimum Gasteiger partial charge on any atom is -0.468 e. The van der Waals surface area contributed by atoms with Crippen LogP contribution in [0.3, 0.4) is 0 Å². The maximum atomic E-state index is 11.4. The van der Waals surface area contributed by atoms with E-state index in [0.717, 1.165) is 18.5 Å². The van der Waals surface area contributed by atoms with Gasteiger partial charge >= 0.3 is 5.97 Å². The minimum atomic E-state index is -0.287. The summed E-state index contributed by atoms with van der Waals surface area (Å²) < 4.78 is 4.75. The minimum absolute atomic E-state index is 0.211. The van der Waals surface area contributed by atoms with Gasteiger partial charge in [-0.15, -0.1) is 0 Å². The molecule has 1 aliphatic rings. The second kappa shape index (κ2) is 3.80. The van der Waals surface area contributed by atoms with E-state index in [2.05, 4.69) is 11.4 Å². The molecule has 1 aromatic carbocycles. The molecule has 3 heteroatoms. The van der Waals surface area contributed by atoms with Gasteiger partial charge in [-0.25, -0.2) is 4.79 Å². The molecule has 1 atom stereocenters. The van der Waals surface area contributed by atoms with E-state index in [9.17, 15) is 4.79 Å². The van der Waals surface area contributed by atoms with Crippen molar-refractivity contribution in [2.75, 3.05) is 13.7 Å². The van der Waals surface area contributed by atoms with Crippen LogP contribution < -0.4 is 5.32 Å². The summed E-state index contributed by atoms with van der Waals surface area (Å²) in [6.07, 6.45) is 0.976. The van der Waals surface area contributed by atoms with Gasteiger partial charge in [0.25, 0.3) is 0 Å². The number of benzene rings is 1. The summed E-state index contributed by atoms with van der Waals surface area (Å²) in [6.45, 7) is 0.830. The average Bonchev–Trinajstić information content (AvgIpc) is 2.27. The molecule has 0 fully saturated rings. The Labute approximate surface area is 83.1 Å². The number of fused-ring (bicyclic) bond motifs is 1. The Balaban J connectivity index is 2.35. The van der Waals surface area contributed by atoms with Gasteiger partial charge in [0.15, 0.2) is 0 Å². The van der Waals surface area contributed by atoms with E-state index < -0.39 is 0 Å². The molecule has 0 aliphatic carbocycles. The summed E-state index contributed by atoms with van der Waals surface area (Å²) in [6, 6.07) is 7.69. The number of ether oxygens (including phenoxy) is 1. The quantitative estimate of drug-likeness (QED) is 0.674. The van der Waals surface area contributed by atoms with E-state index in [-0.39, 0.29) is 12.0 Å². The average molecular weight is 191 g/mol. The second-order valence-electron chi connectivity index (χ2n) is 3.36. The fraction of sp³-hybridized carbons (Fsp3) is 0.364. The highest BCUT2D eigenvalue weighted by Gasteiger charge is 2.25. The molecule has 1 N–H and O–H groups in total. The van der Waals surface area contributed by atoms with Gasteiger partial charge in [0.2, 0.25) is 0 Å². The molecule has 1 aromatic rings. The number of nitrogens with one attached hydrogen (secondary N) is 1. The van der Waals surface area contributed by atoms with Gasteiger partial charge in [0.1, 0.15) is 6.04 Å². The Morgan fingerprint density at radius 1 is 1.50 bits per heavy atom. The van der Waals surface area contributed by atoms with Gasteiger partial charge in [0.05, 0.1) is 7.11 Å². The Morgan fingerprint density at radius 2 is 2.29 bits per heavy atom. The zero-order valence-corrected chi connectivity index (χ0v) is 8.12. The lowest BCUT2D eigenvalue weighted by molar-refractivity contribution is -0.143. The predicted molar refractivity (Wildman–Crippen MR) is 52.9 cm³/mol. The van der Waals surface area contributed by atoms with Gasteiger partial charge in [-0.05, 0) is 17.5 Å². The van der Waals surface area contributed by atoms with Gasteiger partial charge in [0, 0.05) is 6.54 Å². The standard InChI is InChI=1S/C11H13NO2/c1-14-11(13)10-9-5-3-2-4-8(9)6-7-12-10/h2-5,10,12H,6-7H2,1H3/t10-/m0/s1. The molecule has 0 bridgehead atoms. The lowest BCUT2D eigenvalue weighted by Crippen LogP contribution is -2.35. The molecule has 0 amide bonds. The zero-order valence-electron chi connectivity index (χ0n) is 8.12. The van der Waals surface area contributed by atoms with E-state index in [1.54, 1.807) is 0 Å². The largest absolute Gasteiger partial charge is 0.468 e. The summed E-state index contributed by atoms with van der Waals surface area (Å²) >= 11 is 0. The normalized spacial score (nSPS) is 19.9. The first-order valence-corrected chi connectivity index (χ1v) is 4.72. The van der Waals surface area contributed by atoms with Crippen LogP contribution in [0, 0.1) is 0 Å². The van der Waals surface area contributed by atoms with E-state index in [0.29, 0.717) is 0 Å². The molecular weight excluding hydrogens is 178 g/mol. The number of hydrogen-bond donors (Lipinski definition) is 1. The molecule has 0 radical (unpaired) electrons. The first kappa shape index (κ1) is 9.21. The molecule has 2 rings (SSSR count). The van der Waals surface area contributed by atoms with E-state index >= 15 is 0 Å². The highest BCUT2D eigenvalue weighted by Crippen LogP contribution is 2.23. The Hall–Kier alpha value is -1.35. The Kier molecular flexibility index (Phi) is 2.50. The monoisotopic (exact) mass is 191 g/mol. The summed E-state index contributed by atoms with van der Waals surface area (Å²) in [5.74, 6) is -0.211. The first-order chi connectivity index (χ1) is 6.83. The molecule has 1 aliphatic heterocycles. The highest BCUT2D eigenvalue weighted by molar-refractivity contribution is 5.78. The van der Waals surface area contributed by atoms with Crippen LogP contribution in [0.15, 0.2) is 24.3 Å². The molecule has 14 heavy (non-hydrogen) atoms. The van der Waals surface area contributed by atoms with Crippen molar-refractivity contribution in [3.63, 3.8) is 0 Å². The SMILES string of the molecule is COC(=O)[C@H]1NCCc2ccccc21. The van der Waals surface area contributed by atoms with Crippen LogP contribution in [-0.2, 0) is 16.0 Å². The maximum absolute atomic E-state index is 11.4. The van der Waals surface area contributed by atoms with E-state index in [1.165, 1.54) is 12.7 Å². The van der Waals surface area contributed by atoms with Crippen molar-refractivity contribution < 1.29 is 9.53 Å². The number of carbonyl (C=O) groups is 1. The van der Waals surface area contributed by atoms with Gasteiger partial charge in [-0.3, -0.25) is 0 Å². The third kappa shape index (κ3) is 1.51. The predicted octanol–water partition coefficient (Wildman–Crippen LogP) is 1.05. The van der Waals surface area contributed by atoms with Gasteiger partial charge < -0.3 is 10.1 Å². The molecule has 74 valence electrons. The lowest BCUT2D eigenvalue weighted by Gasteiger charge is -2.24. The summed E-state index contributed by atoms with van der Waals surface area (Å²) in [5, 5.41) is 3.15.